The third-order valence-corrected chi connectivity index (χ3v) is 4.20. The van der Waals surface area contributed by atoms with Gasteiger partial charge in [0, 0.05) is 11.3 Å². The van der Waals surface area contributed by atoms with Crippen LogP contribution in [-0.2, 0) is 11.3 Å². The van der Waals surface area contributed by atoms with Crippen LogP contribution < -0.4 is 10.3 Å². The Labute approximate surface area is 162 Å². The summed E-state index contributed by atoms with van der Waals surface area (Å²) in [5.41, 5.74) is 3.01. The van der Waals surface area contributed by atoms with Crippen molar-refractivity contribution >= 4 is 5.97 Å². The first-order valence-electron chi connectivity index (χ1n) is 8.56. The summed E-state index contributed by atoms with van der Waals surface area (Å²) in [7, 11) is 1.34. The van der Waals surface area contributed by atoms with E-state index in [1.165, 1.54) is 7.11 Å². The number of aromatic nitrogens is 1. The van der Waals surface area contributed by atoms with E-state index in [1.54, 1.807) is 55.5 Å². The molecule has 0 unspecified atom stereocenters. The maximum Gasteiger partial charge on any atom is 0.337 e. The zero-order valence-electron chi connectivity index (χ0n) is 15.5. The second-order valence-corrected chi connectivity index (χ2v) is 6.19. The maximum atomic E-state index is 12.0. The number of esters is 1. The normalized spacial score (nSPS) is 10.2. The van der Waals surface area contributed by atoms with E-state index in [0.29, 0.717) is 22.6 Å². The Bertz CT molecular complexity index is 1110. The molecule has 0 saturated heterocycles. The molecule has 0 spiro atoms. The summed E-state index contributed by atoms with van der Waals surface area (Å²) in [6, 6.07) is 17.9. The number of carbonyl (C=O) groups is 1. The number of hydrogen-bond acceptors (Lipinski definition) is 5. The molecule has 0 aliphatic heterocycles. The average molecular weight is 374 g/mol. The molecule has 0 aliphatic carbocycles. The molecule has 0 bridgehead atoms. The molecule has 0 aliphatic rings. The minimum Gasteiger partial charge on any atom is -0.489 e. The first-order valence-corrected chi connectivity index (χ1v) is 8.56. The lowest BCUT2D eigenvalue weighted by molar-refractivity contribution is 0.0600. The largest absolute Gasteiger partial charge is 0.489 e. The molecule has 0 fully saturated rings. The highest BCUT2D eigenvalue weighted by Gasteiger charge is 2.10. The summed E-state index contributed by atoms with van der Waals surface area (Å²) >= 11 is 0. The molecule has 6 heteroatoms. The van der Waals surface area contributed by atoms with Gasteiger partial charge in [-0.05, 0) is 48.4 Å². The predicted molar refractivity (Wildman–Crippen MR) is 104 cm³/mol. The fourth-order valence-electron chi connectivity index (χ4n) is 2.83. The van der Waals surface area contributed by atoms with Gasteiger partial charge in [0.05, 0.1) is 12.7 Å². The summed E-state index contributed by atoms with van der Waals surface area (Å²) in [6.07, 6.45) is 0. The molecule has 3 rings (SSSR count). The van der Waals surface area contributed by atoms with Crippen molar-refractivity contribution in [1.82, 2.24) is 4.98 Å². The minimum absolute atomic E-state index is 0.0823. The fourth-order valence-corrected chi connectivity index (χ4v) is 2.83. The van der Waals surface area contributed by atoms with Gasteiger partial charge in [-0.15, -0.1) is 0 Å². The first-order chi connectivity index (χ1) is 13.5. The summed E-state index contributed by atoms with van der Waals surface area (Å²) < 4.78 is 10.5. The quantitative estimate of drug-likeness (QED) is 0.689. The van der Waals surface area contributed by atoms with Crippen molar-refractivity contribution in [1.29, 1.82) is 5.26 Å². The van der Waals surface area contributed by atoms with E-state index in [1.807, 2.05) is 12.1 Å². The Balaban J connectivity index is 1.77. The van der Waals surface area contributed by atoms with Gasteiger partial charge in [0.25, 0.3) is 5.56 Å². The molecule has 1 N–H and O–H groups in total. The molecular formula is C22H18N2O4. The van der Waals surface area contributed by atoms with Crippen LogP contribution in [0.2, 0.25) is 0 Å². The standard InChI is InChI=1S/C22H18N2O4/c1-14-10-19(20(12-23)21(25)24-14)16-6-8-18(9-7-16)28-13-15-4-3-5-17(11-15)22(26)27-2/h3-11H,13H2,1-2H3,(H,24,25). The van der Waals surface area contributed by atoms with E-state index in [-0.39, 0.29) is 12.2 Å². The summed E-state index contributed by atoms with van der Waals surface area (Å²) in [4.78, 5) is 26.2. The molecule has 28 heavy (non-hydrogen) atoms. The molecule has 0 radical (unpaired) electrons. The molecule has 140 valence electrons. The molecule has 1 heterocycles. The maximum absolute atomic E-state index is 12.0. The summed E-state index contributed by atoms with van der Waals surface area (Å²) in [6.45, 7) is 2.06. The van der Waals surface area contributed by atoms with Crippen LogP contribution in [0, 0.1) is 18.3 Å². The van der Waals surface area contributed by atoms with Gasteiger partial charge in [-0.25, -0.2) is 4.79 Å². The zero-order valence-corrected chi connectivity index (χ0v) is 15.5. The Morgan fingerprint density at radius 2 is 1.89 bits per heavy atom. The van der Waals surface area contributed by atoms with Gasteiger partial charge in [0.15, 0.2) is 0 Å². The number of aryl methyl sites for hydroxylation is 1. The molecule has 0 saturated carbocycles. The van der Waals surface area contributed by atoms with Crippen molar-refractivity contribution in [2.45, 2.75) is 13.5 Å². The minimum atomic E-state index is -0.400. The number of H-pyrrole nitrogens is 1. The smallest absolute Gasteiger partial charge is 0.337 e. The Hall–Kier alpha value is -3.85. The molecule has 0 amide bonds. The Morgan fingerprint density at radius 3 is 2.57 bits per heavy atom. The molecule has 3 aromatic rings. The summed E-state index contributed by atoms with van der Waals surface area (Å²) in [5.74, 6) is 0.236. The van der Waals surface area contributed by atoms with Crippen LogP contribution in [0.15, 0.2) is 59.4 Å². The van der Waals surface area contributed by atoms with E-state index in [2.05, 4.69) is 4.98 Å². The molecule has 1 aromatic heterocycles. The van der Waals surface area contributed by atoms with Gasteiger partial charge in [-0.1, -0.05) is 24.3 Å². The van der Waals surface area contributed by atoms with Crippen LogP contribution >= 0.6 is 0 Å². The van der Waals surface area contributed by atoms with Gasteiger partial charge in [0.1, 0.15) is 24.0 Å². The summed E-state index contributed by atoms with van der Waals surface area (Å²) in [5, 5.41) is 9.27. The number of pyridine rings is 1. The van der Waals surface area contributed by atoms with Gasteiger partial charge in [-0.2, -0.15) is 5.26 Å². The van der Waals surface area contributed by atoms with Crippen molar-refractivity contribution < 1.29 is 14.3 Å². The molecule has 0 atom stereocenters. The number of nitrogens with one attached hydrogen (secondary N) is 1. The van der Waals surface area contributed by atoms with Crippen molar-refractivity contribution in [3.05, 3.63) is 87.3 Å². The van der Waals surface area contributed by atoms with Crippen molar-refractivity contribution in [3.63, 3.8) is 0 Å². The number of rotatable bonds is 5. The van der Waals surface area contributed by atoms with Crippen LogP contribution in [0.3, 0.4) is 0 Å². The molecular weight excluding hydrogens is 356 g/mol. The number of aromatic amines is 1. The first kappa shape index (κ1) is 18.9. The topological polar surface area (TPSA) is 92.2 Å². The van der Waals surface area contributed by atoms with E-state index in [0.717, 1.165) is 11.1 Å². The van der Waals surface area contributed by atoms with Gasteiger partial charge in [0.2, 0.25) is 0 Å². The van der Waals surface area contributed by atoms with Crippen LogP contribution in [0.25, 0.3) is 11.1 Å². The zero-order chi connectivity index (χ0) is 20.1. The van der Waals surface area contributed by atoms with Crippen molar-refractivity contribution in [3.8, 4) is 22.9 Å². The predicted octanol–water partition coefficient (Wildman–Crippen LogP) is 3.59. The van der Waals surface area contributed by atoms with E-state index in [4.69, 9.17) is 9.47 Å². The fraction of sp³-hybridized carbons (Fsp3) is 0.136. The Kier molecular flexibility index (Phi) is 5.56. The number of nitriles is 1. The SMILES string of the molecule is COC(=O)c1cccc(COc2ccc(-c3cc(C)[nH]c(=O)c3C#N)cc2)c1. The third kappa shape index (κ3) is 4.10. The number of hydrogen-bond donors (Lipinski definition) is 1. The third-order valence-electron chi connectivity index (χ3n) is 4.20. The van der Waals surface area contributed by atoms with Gasteiger partial charge >= 0.3 is 5.97 Å². The highest BCUT2D eigenvalue weighted by atomic mass is 16.5. The monoisotopic (exact) mass is 374 g/mol. The second-order valence-electron chi connectivity index (χ2n) is 6.19. The van der Waals surface area contributed by atoms with E-state index in [9.17, 15) is 14.9 Å². The molecule has 6 nitrogen and oxygen atoms in total. The highest BCUT2D eigenvalue weighted by molar-refractivity contribution is 5.89. The van der Waals surface area contributed by atoms with Crippen LogP contribution in [0.1, 0.15) is 27.2 Å². The van der Waals surface area contributed by atoms with Gasteiger partial charge < -0.3 is 14.5 Å². The average Bonchev–Trinajstić information content (AvgIpc) is 2.71. The van der Waals surface area contributed by atoms with Crippen molar-refractivity contribution in [2.75, 3.05) is 7.11 Å². The van der Waals surface area contributed by atoms with Gasteiger partial charge in [-0.3, -0.25) is 4.79 Å². The Morgan fingerprint density at radius 1 is 1.14 bits per heavy atom. The van der Waals surface area contributed by atoms with E-state index >= 15 is 0 Å². The lowest BCUT2D eigenvalue weighted by Crippen LogP contribution is -2.12. The molecule has 2 aromatic carbocycles. The number of nitrogens with zero attached hydrogens (tertiary/aromatic N) is 1. The highest BCUT2D eigenvalue weighted by Crippen LogP contribution is 2.25. The van der Waals surface area contributed by atoms with Crippen LogP contribution in [-0.4, -0.2) is 18.1 Å². The number of methoxy groups -OCH3 is 1. The number of benzene rings is 2. The van der Waals surface area contributed by atoms with Crippen LogP contribution in [0.4, 0.5) is 0 Å². The number of carbonyl (C=O) groups excluding carboxylic acids is 1. The lowest BCUT2D eigenvalue weighted by Gasteiger charge is -2.09. The number of ether oxygens (including phenoxy) is 2. The second kappa shape index (κ2) is 8.23. The van der Waals surface area contributed by atoms with Crippen molar-refractivity contribution in [2.24, 2.45) is 0 Å². The lowest BCUT2D eigenvalue weighted by atomic mass is 10.0. The van der Waals surface area contributed by atoms with Crippen LogP contribution in [0.5, 0.6) is 5.75 Å². The van der Waals surface area contributed by atoms with E-state index < -0.39 is 11.5 Å².